The highest BCUT2D eigenvalue weighted by atomic mass is 16.3. The van der Waals surface area contributed by atoms with Crippen LogP contribution in [0.3, 0.4) is 0 Å². The van der Waals surface area contributed by atoms with Crippen LogP contribution >= 0.6 is 0 Å². The average Bonchev–Trinajstić information content (AvgIpc) is 0.801. The van der Waals surface area contributed by atoms with Gasteiger partial charge in [-0.2, -0.15) is 0 Å². The molecule has 0 aliphatic heterocycles. The number of aromatic hydroxyl groups is 10. The molecule has 464 valence electrons. The molecule has 24 bridgehead atoms. The van der Waals surface area contributed by atoms with E-state index in [1.54, 1.807) is 84.9 Å². The smallest absolute Gasteiger partial charge is 0.122 e. The summed E-state index contributed by atoms with van der Waals surface area (Å²) < 4.78 is 0. The molecule has 10 aromatic rings. The van der Waals surface area contributed by atoms with Crippen molar-refractivity contribution >= 4 is 0 Å². The van der Waals surface area contributed by atoms with Crippen molar-refractivity contribution in [2.45, 2.75) is 106 Å². The maximum atomic E-state index is 12.5. The molecule has 0 unspecified atom stereocenters. The van der Waals surface area contributed by atoms with Crippen molar-refractivity contribution in [2.75, 3.05) is 0 Å². The van der Waals surface area contributed by atoms with Crippen molar-refractivity contribution in [1.82, 2.24) is 0 Å². The number of hydrogen-bond donors (Lipinski definition) is 10. The van der Waals surface area contributed by atoms with Crippen LogP contribution in [0.25, 0.3) is 0 Å². The topological polar surface area (TPSA) is 202 Å². The molecule has 0 fully saturated rings. The Morgan fingerprint density at radius 3 is 0.606 bits per heavy atom. The molecule has 10 nitrogen and oxygen atoms in total. The fourth-order valence-electron chi connectivity index (χ4n) is 14.2. The van der Waals surface area contributed by atoms with Crippen LogP contribution in [-0.2, 0) is 64.2 Å². The van der Waals surface area contributed by atoms with Gasteiger partial charge in [0, 0.05) is 60.8 Å². The fraction of sp³-hybridized carbons (Fsp3) is 0.190. The Hall–Kier alpha value is -11.6. The Kier molecular flexibility index (Phi) is 16.0. The highest BCUT2D eigenvalue weighted by molar-refractivity contribution is 5.65. The number of fused-ring (bicyclic) bond motifs is 16. The number of aryl methyl sites for hydroxylation is 3. The minimum Gasteiger partial charge on any atom is -0.508 e. The van der Waals surface area contributed by atoms with Crippen LogP contribution in [0.2, 0.25) is 0 Å². The molecule has 0 radical (unpaired) electrons. The highest BCUT2D eigenvalue weighted by Gasteiger charge is 2.25. The molecule has 94 heavy (non-hydrogen) atoms. The Labute approximate surface area is 547 Å². The van der Waals surface area contributed by atoms with Crippen LogP contribution in [0, 0.1) is 88.9 Å². The summed E-state index contributed by atoms with van der Waals surface area (Å²) in [5, 5.41) is 119. The molecule has 3 aliphatic carbocycles. The van der Waals surface area contributed by atoms with Crippen molar-refractivity contribution in [3.8, 4) is 105 Å². The zero-order valence-corrected chi connectivity index (χ0v) is 53.1. The van der Waals surface area contributed by atoms with Crippen LogP contribution in [0.15, 0.2) is 121 Å². The second-order valence-corrected chi connectivity index (χ2v) is 25.8. The monoisotopic (exact) mass is 1240 g/mol. The Balaban J connectivity index is 1.07. The van der Waals surface area contributed by atoms with Crippen LogP contribution in [-0.4, -0.2) is 51.1 Å². The van der Waals surface area contributed by atoms with Crippen LogP contribution in [0.1, 0.15) is 167 Å². The van der Waals surface area contributed by atoms with Crippen molar-refractivity contribution < 1.29 is 51.1 Å². The molecular formula is C84H68O10. The third kappa shape index (κ3) is 12.4. The first-order valence-corrected chi connectivity index (χ1v) is 31.4. The van der Waals surface area contributed by atoms with Gasteiger partial charge in [-0.15, -0.1) is 0 Å². The van der Waals surface area contributed by atoms with Gasteiger partial charge < -0.3 is 51.1 Å². The number of rotatable bonds is 0. The van der Waals surface area contributed by atoms with Crippen molar-refractivity contribution in [3.63, 3.8) is 0 Å². The van der Waals surface area contributed by atoms with Crippen molar-refractivity contribution in [3.05, 3.63) is 288 Å². The van der Waals surface area contributed by atoms with E-state index < -0.39 is 0 Å². The first kappa shape index (κ1) is 61.3. The zero-order chi connectivity index (χ0) is 66.0. The quantitative estimate of drug-likeness (QED) is 0.0651. The minimum absolute atomic E-state index is 0.00128. The van der Waals surface area contributed by atoms with Crippen LogP contribution in [0.5, 0.6) is 57.5 Å². The summed E-state index contributed by atoms with van der Waals surface area (Å²) >= 11 is 0. The fourth-order valence-corrected chi connectivity index (χ4v) is 14.2. The number of hydrogen-bond acceptors (Lipinski definition) is 10. The molecular weight excluding hydrogens is 1170 g/mol. The Morgan fingerprint density at radius 2 is 0.372 bits per heavy atom. The summed E-state index contributed by atoms with van der Waals surface area (Å²) in [4.78, 5) is 0. The number of phenols is 10. The van der Waals surface area contributed by atoms with Gasteiger partial charge in [-0.25, -0.2) is 0 Å². The lowest BCUT2D eigenvalue weighted by molar-refractivity contribution is 0.450. The molecule has 0 atom stereocenters. The summed E-state index contributed by atoms with van der Waals surface area (Å²) in [5.41, 5.74) is 19.6. The van der Waals surface area contributed by atoms with Gasteiger partial charge in [0.1, 0.15) is 57.5 Å². The van der Waals surface area contributed by atoms with Crippen molar-refractivity contribution in [1.29, 1.82) is 0 Å². The summed E-state index contributed by atoms with van der Waals surface area (Å²) in [6.45, 7) is 11.8. The maximum absolute atomic E-state index is 12.5. The van der Waals surface area contributed by atoms with E-state index in [4.69, 9.17) is 0 Å². The van der Waals surface area contributed by atoms with Gasteiger partial charge in [0.2, 0.25) is 0 Å². The second kappa shape index (κ2) is 24.6. The molecule has 10 heteroatoms. The maximum Gasteiger partial charge on any atom is 0.122 e. The predicted octanol–water partition coefficient (Wildman–Crippen LogP) is 14.2. The normalized spacial score (nSPS) is 13.0. The first-order chi connectivity index (χ1) is 45.0. The lowest BCUT2D eigenvalue weighted by Gasteiger charge is -2.20. The van der Waals surface area contributed by atoms with Gasteiger partial charge in [-0.05, 0) is 304 Å². The molecule has 13 rings (SSSR count). The minimum atomic E-state index is -0.0822. The summed E-state index contributed by atoms with van der Waals surface area (Å²) in [6, 6.07) is 35.3. The number of phenolic OH excluding ortho intramolecular Hbond substituents is 10. The molecule has 10 aromatic carbocycles. The highest BCUT2D eigenvalue weighted by Crippen LogP contribution is 2.42. The molecule has 10 N–H and O–H groups in total. The zero-order valence-electron chi connectivity index (χ0n) is 53.1. The summed E-state index contributed by atoms with van der Waals surface area (Å²) in [5.74, 6) is 25.7. The van der Waals surface area contributed by atoms with Gasteiger partial charge in [-0.1, -0.05) is 76.8 Å². The Morgan fingerprint density at radius 1 is 0.202 bits per heavy atom. The molecule has 0 heterocycles. The lowest BCUT2D eigenvalue weighted by Crippen LogP contribution is -2.06. The van der Waals surface area contributed by atoms with Gasteiger partial charge >= 0.3 is 0 Å². The van der Waals surface area contributed by atoms with Crippen molar-refractivity contribution in [2.24, 2.45) is 0 Å². The SMILES string of the molecule is Cc1cc2c(O)c(c1)Cc1cc(C)cc(c1O)Cc1cc3cc(c1O)Cc1cc(cc(c1O)Cc1cc(C)cc(c1O)C2)C#CC#Cc1c2cc(O)cc1Cc1cc(O)cc(c1C#CC#C3)Cc1cc(O)cc(c1C)Cc1cc(O)cc(c1C)Cc1cc(O)cc(c1C)C2. The standard InChI is InChI=1S/C84H68O10/c1-45-15-63-30-65-17-46(2)19-67(81(65)91)32-69-21-51-11-7-9-13-78-59-27-57-39-74(86)37-55(49(57)5)25-53-35-73(85)36-54(48(53)4)26-56-38-75(87)40-58(50(56)6)28-60-42-77(89)44-62(29-61(78)43-76(88)41-59)79(60)14-10-8-12-52-22-70(84(94)72(24-52)34-71(23-51)83(69)93)33-68-20-47(3)18-66(82(68)92)31-64(16-45)80(63)90/h15-24,35-44,85-94H,25-34H2,1-6H3. The third-order valence-corrected chi connectivity index (χ3v) is 18.9. The van der Waals surface area contributed by atoms with E-state index in [9.17, 15) is 51.1 Å². The van der Waals surface area contributed by atoms with E-state index in [0.717, 1.165) is 66.8 Å². The van der Waals surface area contributed by atoms with Gasteiger partial charge in [0.05, 0.1) is 0 Å². The summed E-state index contributed by atoms with van der Waals surface area (Å²) in [6.07, 6.45) is 1.81. The predicted molar refractivity (Wildman–Crippen MR) is 365 cm³/mol. The van der Waals surface area contributed by atoms with E-state index in [1.165, 1.54) is 0 Å². The average molecular weight is 1240 g/mol. The van der Waals surface area contributed by atoms with Gasteiger partial charge in [0.15, 0.2) is 0 Å². The van der Waals surface area contributed by atoms with E-state index in [2.05, 4.69) is 47.4 Å². The van der Waals surface area contributed by atoms with E-state index >= 15 is 0 Å². The number of benzene rings is 10. The van der Waals surface area contributed by atoms with Crippen LogP contribution < -0.4 is 0 Å². The third-order valence-electron chi connectivity index (χ3n) is 18.9. The van der Waals surface area contributed by atoms with E-state index in [0.29, 0.717) is 113 Å². The molecule has 0 aromatic heterocycles. The lowest BCUT2D eigenvalue weighted by atomic mass is 9.85. The first-order valence-electron chi connectivity index (χ1n) is 31.4. The van der Waals surface area contributed by atoms with Gasteiger partial charge in [0.25, 0.3) is 0 Å². The molecule has 0 spiro atoms. The molecule has 3 aliphatic rings. The molecule has 0 amide bonds. The second-order valence-electron chi connectivity index (χ2n) is 25.8. The van der Waals surface area contributed by atoms with Gasteiger partial charge in [-0.3, -0.25) is 0 Å². The Bertz CT molecular complexity index is 4870. The van der Waals surface area contributed by atoms with Crippen LogP contribution in [0.4, 0.5) is 0 Å². The van der Waals surface area contributed by atoms with E-state index in [-0.39, 0.29) is 109 Å². The molecule has 0 saturated heterocycles. The van der Waals surface area contributed by atoms with E-state index in [1.807, 2.05) is 77.9 Å². The largest absolute Gasteiger partial charge is 0.508 e. The summed E-state index contributed by atoms with van der Waals surface area (Å²) in [7, 11) is 0. The molecule has 0 saturated carbocycles.